The van der Waals surface area contributed by atoms with E-state index in [1.165, 1.54) is 0 Å². The standard InChI is InChI=1S/C21H31N3O3/c1-15-18(8-9-19(22-15)27-2)23-12-3-10-21(14-23)11-13-24(20(21)26)16-4-6-17(25)7-5-16/h8-9,16-17,25H,3-7,10-14H2,1-2H3/t16?,17?,21-/m1/s1. The number of anilines is 1. The fourth-order valence-corrected chi connectivity index (χ4v) is 5.26. The van der Waals surface area contributed by atoms with Crippen molar-refractivity contribution in [3.05, 3.63) is 17.8 Å². The second-order valence-corrected chi connectivity index (χ2v) is 8.47. The minimum Gasteiger partial charge on any atom is -0.481 e. The summed E-state index contributed by atoms with van der Waals surface area (Å²) in [5.74, 6) is 0.971. The predicted molar refractivity (Wildman–Crippen MR) is 104 cm³/mol. The molecule has 1 saturated carbocycles. The van der Waals surface area contributed by atoms with E-state index in [-0.39, 0.29) is 11.5 Å². The highest BCUT2D eigenvalue weighted by molar-refractivity contribution is 5.86. The zero-order chi connectivity index (χ0) is 19.0. The number of aromatic nitrogens is 1. The Morgan fingerprint density at radius 2 is 1.96 bits per heavy atom. The van der Waals surface area contributed by atoms with Gasteiger partial charge in [-0.05, 0) is 57.9 Å². The van der Waals surface area contributed by atoms with Crippen molar-refractivity contribution in [3.8, 4) is 5.88 Å². The first-order valence-corrected chi connectivity index (χ1v) is 10.3. The van der Waals surface area contributed by atoms with Gasteiger partial charge in [-0.2, -0.15) is 0 Å². The fourth-order valence-electron chi connectivity index (χ4n) is 5.26. The third-order valence-corrected chi connectivity index (χ3v) is 6.81. The van der Waals surface area contributed by atoms with Gasteiger partial charge < -0.3 is 19.6 Å². The Bertz CT molecular complexity index is 702. The smallest absolute Gasteiger partial charge is 0.230 e. The molecule has 1 aromatic rings. The number of nitrogens with zero attached hydrogens (tertiary/aromatic N) is 3. The van der Waals surface area contributed by atoms with Crippen LogP contribution in [0.4, 0.5) is 5.69 Å². The molecule has 1 amide bonds. The number of aryl methyl sites for hydroxylation is 1. The molecular formula is C21H31N3O3. The number of aliphatic hydroxyl groups is 1. The fraction of sp³-hybridized carbons (Fsp3) is 0.714. The van der Waals surface area contributed by atoms with Crippen molar-refractivity contribution in [2.75, 3.05) is 31.6 Å². The number of aliphatic hydroxyl groups excluding tert-OH is 1. The number of likely N-dealkylation sites (tertiary alicyclic amines) is 1. The first kappa shape index (κ1) is 18.5. The number of methoxy groups -OCH3 is 1. The molecule has 1 spiro atoms. The molecule has 2 saturated heterocycles. The van der Waals surface area contributed by atoms with E-state index in [0.29, 0.717) is 17.8 Å². The summed E-state index contributed by atoms with van der Waals surface area (Å²) in [4.78, 5) is 22.4. The van der Waals surface area contributed by atoms with Crippen LogP contribution in [-0.2, 0) is 4.79 Å². The van der Waals surface area contributed by atoms with Crippen LogP contribution >= 0.6 is 0 Å². The van der Waals surface area contributed by atoms with E-state index >= 15 is 0 Å². The lowest BCUT2D eigenvalue weighted by atomic mass is 9.78. The molecule has 6 heteroatoms. The minimum absolute atomic E-state index is 0.177. The average molecular weight is 373 g/mol. The van der Waals surface area contributed by atoms with Crippen LogP contribution in [0.3, 0.4) is 0 Å². The number of amides is 1. The van der Waals surface area contributed by atoms with Crippen LogP contribution in [0.25, 0.3) is 0 Å². The first-order chi connectivity index (χ1) is 13.0. The molecule has 3 heterocycles. The number of pyridine rings is 1. The van der Waals surface area contributed by atoms with Gasteiger partial charge in [0.15, 0.2) is 0 Å². The Hall–Kier alpha value is -1.82. The lowest BCUT2D eigenvalue weighted by Crippen LogP contribution is -2.50. The zero-order valence-corrected chi connectivity index (χ0v) is 16.5. The van der Waals surface area contributed by atoms with Gasteiger partial charge in [-0.1, -0.05) is 0 Å². The summed E-state index contributed by atoms with van der Waals surface area (Å²) >= 11 is 0. The number of hydrogen-bond donors (Lipinski definition) is 1. The molecule has 148 valence electrons. The van der Waals surface area contributed by atoms with Crippen molar-refractivity contribution in [1.29, 1.82) is 0 Å². The van der Waals surface area contributed by atoms with E-state index < -0.39 is 0 Å². The Labute approximate surface area is 161 Å². The zero-order valence-electron chi connectivity index (χ0n) is 16.5. The summed E-state index contributed by atoms with van der Waals surface area (Å²) < 4.78 is 5.23. The lowest BCUT2D eigenvalue weighted by molar-refractivity contribution is -0.139. The third-order valence-electron chi connectivity index (χ3n) is 6.81. The topological polar surface area (TPSA) is 65.9 Å². The van der Waals surface area contributed by atoms with Gasteiger partial charge in [-0.3, -0.25) is 4.79 Å². The van der Waals surface area contributed by atoms with Crippen LogP contribution in [0.1, 0.15) is 50.6 Å². The van der Waals surface area contributed by atoms with Crippen molar-refractivity contribution < 1.29 is 14.6 Å². The Kier molecular flexibility index (Phi) is 5.01. The monoisotopic (exact) mass is 373 g/mol. The molecular weight excluding hydrogens is 342 g/mol. The van der Waals surface area contributed by atoms with Crippen LogP contribution in [0, 0.1) is 12.3 Å². The maximum absolute atomic E-state index is 13.4. The molecule has 3 aliphatic rings. The molecule has 1 aromatic heterocycles. The molecule has 0 unspecified atom stereocenters. The third kappa shape index (κ3) is 3.40. The highest BCUT2D eigenvalue weighted by atomic mass is 16.5. The van der Waals surface area contributed by atoms with Gasteiger partial charge in [0.1, 0.15) is 0 Å². The highest BCUT2D eigenvalue weighted by Gasteiger charge is 2.50. The Morgan fingerprint density at radius 3 is 2.67 bits per heavy atom. The van der Waals surface area contributed by atoms with Gasteiger partial charge in [0.2, 0.25) is 11.8 Å². The van der Waals surface area contributed by atoms with E-state index in [1.54, 1.807) is 7.11 Å². The van der Waals surface area contributed by atoms with Gasteiger partial charge in [-0.25, -0.2) is 4.98 Å². The second kappa shape index (κ2) is 7.30. The molecule has 3 fully saturated rings. The van der Waals surface area contributed by atoms with Gasteiger partial charge in [0.25, 0.3) is 0 Å². The van der Waals surface area contributed by atoms with Crippen LogP contribution in [0.5, 0.6) is 5.88 Å². The van der Waals surface area contributed by atoms with Crippen LogP contribution in [-0.4, -0.2) is 59.8 Å². The summed E-state index contributed by atoms with van der Waals surface area (Å²) in [5, 5.41) is 9.78. The van der Waals surface area contributed by atoms with E-state index in [4.69, 9.17) is 4.74 Å². The number of carbonyl (C=O) groups excluding carboxylic acids is 1. The summed E-state index contributed by atoms with van der Waals surface area (Å²) in [6.07, 6.45) is 6.32. The van der Waals surface area contributed by atoms with Crippen LogP contribution < -0.4 is 9.64 Å². The minimum atomic E-state index is -0.249. The van der Waals surface area contributed by atoms with Crippen molar-refractivity contribution in [2.24, 2.45) is 5.41 Å². The Morgan fingerprint density at radius 1 is 1.19 bits per heavy atom. The molecule has 2 aliphatic heterocycles. The van der Waals surface area contributed by atoms with Crippen molar-refractivity contribution >= 4 is 11.6 Å². The van der Waals surface area contributed by atoms with Crippen LogP contribution in [0.15, 0.2) is 12.1 Å². The maximum Gasteiger partial charge on any atom is 0.230 e. The highest BCUT2D eigenvalue weighted by Crippen LogP contribution is 2.43. The SMILES string of the molecule is COc1ccc(N2CCC[C@@]3(CCN(C4CCC(O)CC4)C3=O)C2)c(C)n1. The molecule has 6 nitrogen and oxygen atoms in total. The molecule has 0 bridgehead atoms. The number of rotatable bonds is 3. The molecule has 1 N–H and O–H groups in total. The molecule has 4 rings (SSSR count). The lowest BCUT2D eigenvalue weighted by Gasteiger charge is -2.41. The van der Waals surface area contributed by atoms with Gasteiger partial charge in [-0.15, -0.1) is 0 Å². The molecule has 27 heavy (non-hydrogen) atoms. The predicted octanol–water partition coefficient (Wildman–Crippen LogP) is 2.52. The maximum atomic E-state index is 13.4. The average Bonchev–Trinajstić information content (AvgIpc) is 2.98. The van der Waals surface area contributed by atoms with Crippen molar-refractivity contribution in [1.82, 2.24) is 9.88 Å². The van der Waals surface area contributed by atoms with Gasteiger partial charge in [0.05, 0.1) is 30.0 Å². The second-order valence-electron chi connectivity index (χ2n) is 8.47. The largest absolute Gasteiger partial charge is 0.481 e. The number of ether oxygens (including phenoxy) is 1. The first-order valence-electron chi connectivity index (χ1n) is 10.3. The molecule has 1 aliphatic carbocycles. The summed E-state index contributed by atoms with van der Waals surface area (Å²) in [6, 6.07) is 4.29. The normalized spacial score (nSPS) is 31.6. The molecule has 0 radical (unpaired) electrons. The number of piperidine rings is 1. The van der Waals surface area contributed by atoms with Gasteiger partial charge >= 0.3 is 0 Å². The van der Waals surface area contributed by atoms with Crippen molar-refractivity contribution in [3.63, 3.8) is 0 Å². The van der Waals surface area contributed by atoms with Gasteiger partial charge in [0, 0.05) is 31.7 Å². The Balaban J connectivity index is 1.50. The molecule has 0 aromatic carbocycles. The summed E-state index contributed by atoms with van der Waals surface area (Å²) in [7, 11) is 1.63. The summed E-state index contributed by atoms with van der Waals surface area (Å²) in [6.45, 7) is 4.63. The van der Waals surface area contributed by atoms with Crippen LogP contribution in [0.2, 0.25) is 0 Å². The van der Waals surface area contributed by atoms with E-state index in [0.717, 1.165) is 76.0 Å². The van der Waals surface area contributed by atoms with Crippen molar-refractivity contribution in [2.45, 2.75) is 64.0 Å². The number of hydrogen-bond acceptors (Lipinski definition) is 5. The number of carbonyl (C=O) groups is 1. The molecule has 1 atom stereocenters. The summed E-state index contributed by atoms with van der Waals surface area (Å²) in [5.41, 5.74) is 1.82. The quantitative estimate of drug-likeness (QED) is 0.882. The van der Waals surface area contributed by atoms with E-state index in [9.17, 15) is 9.90 Å². The van der Waals surface area contributed by atoms with E-state index in [1.807, 2.05) is 13.0 Å². The van der Waals surface area contributed by atoms with E-state index in [2.05, 4.69) is 20.9 Å².